The van der Waals surface area contributed by atoms with Crippen LogP contribution in [-0.4, -0.2) is 30.2 Å². The SMILES string of the molecule is CCCC(=O)c1ccc2c(c1)N(CC(=O)Nc1cc(Cl)ccc1C)C(=O)C(C)O2. The minimum Gasteiger partial charge on any atom is -0.479 e. The van der Waals surface area contributed by atoms with Crippen LogP contribution in [0.1, 0.15) is 42.6 Å². The molecule has 0 aromatic heterocycles. The summed E-state index contributed by atoms with van der Waals surface area (Å²) < 4.78 is 5.65. The summed E-state index contributed by atoms with van der Waals surface area (Å²) >= 11 is 6.01. The van der Waals surface area contributed by atoms with E-state index in [2.05, 4.69) is 5.32 Å². The van der Waals surface area contributed by atoms with Crippen molar-refractivity contribution in [1.82, 2.24) is 0 Å². The van der Waals surface area contributed by atoms with Crippen molar-refractivity contribution in [2.45, 2.75) is 39.7 Å². The summed E-state index contributed by atoms with van der Waals surface area (Å²) in [6.45, 7) is 5.22. The highest BCUT2D eigenvalue weighted by atomic mass is 35.5. The van der Waals surface area contributed by atoms with Gasteiger partial charge < -0.3 is 10.1 Å². The van der Waals surface area contributed by atoms with Gasteiger partial charge in [-0.1, -0.05) is 24.6 Å². The number of benzene rings is 2. The van der Waals surface area contributed by atoms with Crippen molar-refractivity contribution in [1.29, 1.82) is 0 Å². The highest BCUT2D eigenvalue weighted by Gasteiger charge is 2.33. The first-order valence-corrected chi connectivity index (χ1v) is 9.89. The number of Topliss-reactive ketones (excluding diaryl/α,β-unsaturated/α-hetero) is 1. The number of aryl methyl sites for hydroxylation is 1. The monoisotopic (exact) mass is 414 g/mol. The van der Waals surface area contributed by atoms with Crippen molar-refractivity contribution in [3.8, 4) is 5.75 Å². The van der Waals surface area contributed by atoms with E-state index in [0.717, 1.165) is 12.0 Å². The molecule has 6 nitrogen and oxygen atoms in total. The summed E-state index contributed by atoms with van der Waals surface area (Å²) in [7, 11) is 0. The van der Waals surface area contributed by atoms with E-state index in [1.165, 1.54) is 4.90 Å². The van der Waals surface area contributed by atoms with Gasteiger partial charge in [0.25, 0.3) is 5.91 Å². The summed E-state index contributed by atoms with van der Waals surface area (Å²) in [6, 6.07) is 10.2. The molecule has 0 spiro atoms. The number of carbonyl (C=O) groups excluding carboxylic acids is 3. The largest absolute Gasteiger partial charge is 0.479 e. The van der Waals surface area contributed by atoms with E-state index in [9.17, 15) is 14.4 Å². The third-order valence-corrected chi connectivity index (χ3v) is 4.98. The van der Waals surface area contributed by atoms with Gasteiger partial charge in [0.05, 0.1) is 5.69 Å². The molecule has 29 heavy (non-hydrogen) atoms. The minimum atomic E-state index is -0.722. The number of halogens is 1. The maximum atomic E-state index is 12.7. The lowest BCUT2D eigenvalue weighted by molar-refractivity contribution is -0.127. The summed E-state index contributed by atoms with van der Waals surface area (Å²) in [5, 5.41) is 3.30. The van der Waals surface area contributed by atoms with Crippen molar-refractivity contribution >= 4 is 40.6 Å². The molecule has 2 amide bonds. The zero-order valence-corrected chi connectivity index (χ0v) is 17.4. The minimum absolute atomic E-state index is 0.0136. The summed E-state index contributed by atoms with van der Waals surface area (Å²) in [5.41, 5.74) is 2.36. The molecule has 7 heteroatoms. The van der Waals surface area contributed by atoms with Gasteiger partial charge in [0, 0.05) is 22.7 Å². The molecule has 0 saturated carbocycles. The molecule has 0 fully saturated rings. The maximum absolute atomic E-state index is 12.7. The molecule has 1 unspecified atom stereocenters. The average Bonchev–Trinajstić information content (AvgIpc) is 2.68. The first-order chi connectivity index (χ1) is 13.8. The zero-order chi connectivity index (χ0) is 21.1. The molecule has 152 valence electrons. The van der Waals surface area contributed by atoms with Gasteiger partial charge in [0.15, 0.2) is 11.9 Å². The van der Waals surface area contributed by atoms with E-state index in [1.807, 2.05) is 13.8 Å². The fourth-order valence-corrected chi connectivity index (χ4v) is 3.35. The lowest BCUT2D eigenvalue weighted by Gasteiger charge is -2.33. The molecule has 1 aliphatic heterocycles. The first-order valence-electron chi connectivity index (χ1n) is 9.51. The number of rotatable bonds is 6. The van der Waals surface area contributed by atoms with Crippen LogP contribution in [0.3, 0.4) is 0 Å². The Hall–Kier alpha value is -2.86. The lowest BCUT2D eigenvalue weighted by Crippen LogP contribution is -2.47. The first kappa shape index (κ1) is 20.9. The molecule has 1 N–H and O–H groups in total. The lowest BCUT2D eigenvalue weighted by atomic mass is 10.0. The van der Waals surface area contributed by atoms with Crippen molar-refractivity contribution in [3.63, 3.8) is 0 Å². The Bertz CT molecular complexity index is 973. The molecule has 1 heterocycles. The smallest absolute Gasteiger partial charge is 0.268 e. The van der Waals surface area contributed by atoms with Crippen LogP contribution in [0.2, 0.25) is 5.02 Å². The number of amides is 2. The van der Waals surface area contributed by atoms with E-state index >= 15 is 0 Å². The van der Waals surface area contributed by atoms with Crippen LogP contribution >= 0.6 is 11.6 Å². The molecule has 0 saturated heterocycles. The molecule has 0 aliphatic carbocycles. The van der Waals surface area contributed by atoms with Crippen molar-refractivity contribution < 1.29 is 19.1 Å². The van der Waals surface area contributed by atoms with Crippen LogP contribution in [0.4, 0.5) is 11.4 Å². The second-order valence-electron chi connectivity index (χ2n) is 7.05. The van der Waals surface area contributed by atoms with Gasteiger partial charge in [0.2, 0.25) is 5.91 Å². The van der Waals surface area contributed by atoms with Crippen LogP contribution < -0.4 is 15.0 Å². The van der Waals surface area contributed by atoms with Gasteiger partial charge >= 0.3 is 0 Å². The quantitative estimate of drug-likeness (QED) is 0.711. The Labute approximate surface area is 174 Å². The molecule has 1 atom stereocenters. The Kier molecular flexibility index (Phi) is 6.23. The van der Waals surface area contributed by atoms with Gasteiger partial charge in [-0.05, 0) is 56.2 Å². The Morgan fingerprint density at radius 3 is 2.69 bits per heavy atom. The van der Waals surface area contributed by atoms with Crippen molar-refractivity contribution in [2.24, 2.45) is 0 Å². The second-order valence-corrected chi connectivity index (χ2v) is 7.48. The Balaban J connectivity index is 1.87. The predicted octanol–water partition coefficient (Wildman–Crippen LogP) is 4.38. The highest BCUT2D eigenvalue weighted by Crippen LogP contribution is 2.35. The normalized spacial score (nSPS) is 15.5. The van der Waals surface area contributed by atoms with Crippen molar-refractivity contribution in [3.05, 3.63) is 52.5 Å². The number of fused-ring (bicyclic) bond motifs is 1. The van der Waals surface area contributed by atoms with E-state index in [1.54, 1.807) is 43.3 Å². The molecule has 0 bridgehead atoms. The maximum Gasteiger partial charge on any atom is 0.268 e. The van der Waals surface area contributed by atoms with Crippen LogP contribution in [0.25, 0.3) is 0 Å². The summed E-state index contributed by atoms with van der Waals surface area (Å²) in [5.74, 6) is -0.248. The van der Waals surface area contributed by atoms with Crippen LogP contribution in [0.15, 0.2) is 36.4 Å². The molecular formula is C22H23ClN2O4. The van der Waals surface area contributed by atoms with Crippen LogP contribution in [0, 0.1) is 6.92 Å². The topological polar surface area (TPSA) is 75.7 Å². The zero-order valence-electron chi connectivity index (χ0n) is 16.6. The van der Waals surface area contributed by atoms with Gasteiger partial charge in [-0.25, -0.2) is 0 Å². The summed E-state index contributed by atoms with van der Waals surface area (Å²) in [6.07, 6.45) is 0.423. The second kappa shape index (κ2) is 8.66. The number of nitrogens with zero attached hydrogens (tertiary/aromatic N) is 1. The number of ether oxygens (including phenoxy) is 1. The Morgan fingerprint density at radius 1 is 1.21 bits per heavy atom. The number of hydrogen-bond acceptors (Lipinski definition) is 4. The predicted molar refractivity (Wildman–Crippen MR) is 113 cm³/mol. The third kappa shape index (κ3) is 4.59. The van der Waals surface area contributed by atoms with Crippen molar-refractivity contribution in [2.75, 3.05) is 16.8 Å². The number of carbonyl (C=O) groups is 3. The summed E-state index contributed by atoms with van der Waals surface area (Å²) in [4.78, 5) is 39.0. The molecule has 2 aromatic carbocycles. The van der Waals surface area contributed by atoms with Crippen LogP contribution in [-0.2, 0) is 9.59 Å². The number of ketones is 1. The highest BCUT2D eigenvalue weighted by molar-refractivity contribution is 6.31. The van der Waals surface area contributed by atoms with Crippen LogP contribution in [0.5, 0.6) is 5.75 Å². The van der Waals surface area contributed by atoms with Gasteiger partial charge in [-0.15, -0.1) is 0 Å². The van der Waals surface area contributed by atoms with E-state index in [0.29, 0.717) is 34.1 Å². The fraction of sp³-hybridized carbons (Fsp3) is 0.318. The number of anilines is 2. The average molecular weight is 415 g/mol. The third-order valence-electron chi connectivity index (χ3n) is 4.74. The Morgan fingerprint density at radius 2 is 1.97 bits per heavy atom. The number of hydrogen-bond donors (Lipinski definition) is 1. The molecular weight excluding hydrogens is 392 g/mol. The van der Waals surface area contributed by atoms with E-state index < -0.39 is 6.10 Å². The van der Waals surface area contributed by atoms with E-state index in [4.69, 9.17) is 16.3 Å². The standard InChI is InChI=1S/C22H23ClN2O4/c1-4-5-19(26)15-7-9-20-18(10-15)25(22(28)14(3)29-20)12-21(27)24-17-11-16(23)8-6-13(17)2/h6-11,14H,4-5,12H2,1-3H3,(H,24,27). The molecule has 0 radical (unpaired) electrons. The molecule has 2 aromatic rings. The molecule has 3 rings (SSSR count). The van der Waals surface area contributed by atoms with Gasteiger partial charge in [-0.2, -0.15) is 0 Å². The number of nitrogens with one attached hydrogen (secondary N) is 1. The van der Waals surface area contributed by atoms with E-state index in [-0.39, 0.29) is 24.1 Å². The van der Waals surface area contributed by atoms with Gasteiger partial charge in [0.1, 0.15) is 12.3 Å². The molecule has 1 aliphatic rings. The van der Waals surface area contributed by atoms with Gasteiger partial charge in [-0.3, -0.25) is 19.3 Å². The fourth-order valence-electron chi connectivity index (χ4n) is 3.18.